The first-order valence-electron chi connectivity index (χ1n) is 6.74. The van der Waals surface area contributed by atoms with E-state index in [2.05, 4.69) is 55.4 Å². The van der Waals surface area contributed by atoms with Crippen LogP contribution in [0.1, 0.15) is 68.2 Å². The monoisotopic (exact) mass is 264 g/mol. The maximum Gasteiger partial charge on any atom is -0.0181 e. The summed E-state index contributed by atoms with van der Waals surface area (Å²) < 4.78 is 0. The zero-order chi connectivity index (χ0) is 13.2. The summed E-state index contributed by atoms with van der Waals surface area (Å²) in [5.74, 6) is 0. The van der Waals surface area contributed by atoms with Crippen LogP contribution in [0.2, 0.25) is 0 Å². The van der Waals surface area contributed by atoms with E-state index in [0.717, 1.165) is 17.2 Å². The smallest absolute Gasteiger partial charge is 0.0181 e. The van der Waals surface area contributed by atoms with Gasteiger partial charge in [-0.15, -0.1) is 17.2 Å². The second-order valence-corrected chi connectivity index (χ2v) is 10.4. The molecule has 0 amide bonds. The summed E-state index contributed by atoms with van der Waals surface area (Å²) in [5.41, 5.74) is 0. The van der Waals surface area contributed by atoms with Crippen LogP contribution in [0.25, 0.3) is 0 Å². The van der Waals surface area contributed by atoms with Gasteiger partial charge in [0.2, 0.25) is 0 Å². The Bertz CT molecular complexity index is 133. The highest BCUT2D eigenvalue weighted by Crippen LogP contribution is 2.33. The fraction of sp³-hybridized carbons (Fsp3) is 1.00. The van der Waals surface area contributed by atoms with Gasteiger partial charge < -0.3 is 0 Å². The third-order valence-corrected chi connectivity index (χ3v) is 6.41. The van der Waals surface area contributed by atoms with Crippen LogP contribution in [0.5, 0.6) is 0 Å². The molecule has 0 bridgehead atoms. The van der Waals surface area contributed by atoms with E-state index in [0.29, 0.717) is 10.3 Å². The molecule has 0 saturated heterocycles. The predicted molar refractivity (Wildman–Crippen MR) is 86.5 cm³/mol. The molecule has 0 aromatic rings. The van der Waals surface area contributed by atoms with Gasteiger partial charge in [0, 0.05) is 0 Å². The maximum atomic E-state index is 2.34. The molecule has 2 atom stereocenters. The normalized spacial score (nSPS) is 13.5. The first kappa shape index (κ1) is 19.2. The van der Waals surface area contributed by atoms with Gasteiger partial charge in [0.15, 0.2) is 0 Å². The minimum absolute atomic E-state index is 0.620. The summed E-state index contributed by atoms with van der Waals surface area (Å²) in [6, 6.07) is 0. The lowest BCUT2D eigenvalue weighted by molar-refractivity contribution is 0.677. The van der Waals surface area contributed by atoms with E-state index in [1.54, 1.807) is 0 Å². The van der Waals surface area contributed by atoms with E-state index in [1.807, 2.05) is 0 Å². The molecule has 0 aliphatic carbocycles. The standard InChI is InChI=1S/2C7H17P/c2*1-5-7(3,4)8-6-2/h2*8H,5-6H2,1-4H3. The largest absolute Gasteiger partial charge is 0.117 e. The molecule has 2 unspecified atom stereocenters. The van der Waals surface area contributed by atoms with E-state index < -0.39 is 0 Å². The van der Waals surface area contributed by atoms with Crippen LogP contribution in [-0.2, 0) is 0 Å². The average molecular weight is 264 g/mol. The first-order chi connectivity index (χ1) is 7.24. The van der Waals surface area contributed by atoms with E-state index in [9.17, 15) is 0 Å². The molecule has 0 aromatic heterocycles. The molecule has 16 heavy (non-hydrogen) atoms. The molecule has 0 aliphatic rings. The fourth-order valence-corrected chi connectivity index (χ4v) is 3.62. The van der Waals surface area contributed by atoms with Crippen LogP contribution in [-0.4, -0.2) is 22.6 Å². The van der Waals surface area contributed by atoms with Gasteiger partial charge in [-0.3, -0.25) is 0 Å². The van der Waals surface area contributed by atoms with Gasteiger partial charge in [-0.25, -0.2) is 0 Å². The molecule has 0 aromatic carbocycles. The molecule has 100 valence electrons. The van der Waals surface area contributed by atoms with Crippen LogP contribution in [0, 0.1) is 0 Å². The minimum atomic E-state index is 0.620. The second-order valence-electron chi connectivity index (χ2n) is 5.54. The lowest BCUT2D eigenvalue weighted by Crippen LogP contribution is -2.10. The molecule has 0 saturated carbocycles. The van der Waals surface area contributed by atoms with Crippen molar-refractivity contribution in [3.8, 4) is 0 Å². The number of hydrogen-bond donors (Lipinski definition) is 0. The fourth-order valence-electron chi connectivity index (χ4n) is 1.21. The third kappa shape index (κ3) is 12.9. The quantitative estimate of drug-likeness (QED) is 0.536. The number of hydrogen-bond acceptors (Lipinski definition) is 0. The molecule has 2 heteroatoms. The zero-order valence-electron chi connectivity index (χ0n) is 12.8. The Hall–Kier alpha value is 0.860. The van der Waals surface area contributed by atoms with Crippen LogP contribution in [0.3, 0.4) is 0 Å². The van der Waals surface area contributed by atoms with E-state index in [-0.39, 0.29) is 0 Å². The van der Waals surface area contributed by atoms with Crippen molar-refractivity contribution < 1.29 is 0 Å². The Morgan fingerprint density at radius 2 is 0.875 bits per heavy atom. The van der Waals surface area contributed by atoms with Crippen molar-refractivity contribution in [2.75, 3.05) is 12.3 Å². The Balaban J connectivity index is 0. The van der Waals surface area contributed by atoms with Crippen molar-refractivity contribution >= 4 is 17.2 Å². The summed E-state index contributed by atoms with van der Waals surface area (Å²) in [5, 5.41) is 1.24. The Kier molecular flexibility index (Phi) is 11.8. The van der Waals surface area contributed by atoms with Crippen molar-refractivity contribution in [3.05, 3.63) is 0 Å². The summed E-state index contributed by atoms with van der Waals surface area (Å²) in [7, 11) is 2.28. The van der Waals surface area contributed by atoms with Gasteiger partial charge >= 0.3 is 0 Å². The van der Waals surface area contributed by atoms with Crippen LogP contribution in [0.15, 0.2) is 0 Å². The number of rotatable bonds is 6. The van der Waals surface area contributed by atoms with Crippen molar-refractivity contribution in [2.45, 2.75) is 78.5 Å². The zero-order valence-corrected chi connectivity index (χ0v) is 14.8. The van der Waals surface area contributed by atoms with Crippen molar-refractivity contribution in [3.63, 3.8) is 0 Å². The van der Waals surface area contributed by atoms with E-state index in [4.69, 9.17) is 0 Å². The lowest BCUT2D eigenvalue weighted by atomic mass is 10.1. The highest BCUT2D eigenvalue weighted by molar-refractivity contribution is 7.40. The molecule has 0 rings (SSSR count). The second kappa shape index (κ2) is 9.85. The van der Waals surface area contributed by atoms with Crippen LogP contribution in [0.4, 0.5) is 0 Å². The van der Waals surface area contributed by atoms with Crippen molar-refractivity contribution in [1.29, 1.82) is 0 Å². The van der Waals surface area contributed by atoms with Gasteiger partial charge in [-0.1, -0.05) is 55.4 Å². The van der Waals surface area contributed by atoms with Gasteiger partial charge in [-0.2, -0.15) is 0 Å². The van der Waals surface area contributed by atoms with Crippen LogP contribution >= 0.6 is 17.2 Å². The lowest BCUT2D eigenvalue weighted by Gasteiger charge is -2.20. The van der Waals surface area contributed by atoms with Crippen molar-refractivity contribution in [1.82, 2.24) is 0 Å². The summed E-state index contributed by atoms with van der Waals surface area (Å²) in [4.78, 5) is 0. The van der Waals surface area contributed by atoms with Crippen molar-refractivity contribution in [2.24, 2.45) is 0 Å². The summed E-state index contributed by atoms with van der Waals surface area (Å²) >= 11 is 0. The highest BCUT2D eigenvalue weighted by atomic mass is 31.1. The predicted octanol–water partition coefficient (Wildman–Crippen LogP) is 5.75. The molecule has 0 spiro atoms. The Morgan fingerprint density at radius 3 is 0.938 bits per heavy atom. The van der Waals surface area contributed by atoms with Gasteiger partial charge in [0.1, 0.15) is 0 Å². The van der Waals surface area contributed by atoms with E-state index >= 15 is 0 Å². The van der Waals surface area contributed by atoms with Crippen LogP contribution < -0.4 is 0 Å². The molecule has 0 N–H and O–H groups in total. The average Bonchev–Trinajstić information content (AvgIpc) is 2.19. The van der Waals surface area contributed by atoms with E-state index in [1.165, 1.54) is 25.2 Å². The Morgan fingerprint density at radius 1 is 0.625 bits per heavy atom. The molecule has 0 fully saturated rings. The highest BCUT2D eigenvalue weighted by Gasteiger charge is 2.12. The molecular weight excluding hydrogens is 230 g/mol. The SMILES string of the molecule is CCPC(C)(C)CC.CCPC(C)(C)CC. The third-order valence-electron chi connectivity index (χ3n) is 3.08. The molecule has 0 heterocycles. The molecular formula is C14H34P2. The molecule has 0 aliphatic heterocycles. The summed E-state index contributed by atoms with van der Waals surface area (Å²) in [6.07, 6.45) is 5.33. The first-order valence-corrected chi connectivity index (χ1v) is 9.16. The minimum Gasteiger partial charge on any atom is -0.117 e. The molecule has 0 radical (unpaired) electrons. The van der Waals surface area contributed by atoms with Gasteiger partial charge in [0.05, 0.1) is 0 Å². The van der Waals surface area contributed by atoms with Gasteiger partial charge in [-0.05, 0) is 35.5 Å². The van der Waals surface area contributed by atoms with Gasteiger partial charge in [0.25, 0.3) is 0 Å². The maximum absolute atomic E-state index is 2.34. The Labute approximate surface area is 108 Å². The molecule has 0 nitrogen and oxygen atoms in total. The summed E-state index contributed by atoms with van der Waals surface area (Å²) in [6.45, 7) is 18.4. The topological polar surface area (TPSA) is 0 Å².